The molecule has 0 N–H and O–H groups in total. The largest absolute Gasteiger partial charge is 0.460 e. The lowest BCUT2D eigenvalue weighted by molar-refractivity contribution is -0.153. The van der Waals surface area contributed by atoms with Crippen LogP contribution < -0.4 is 4.90 Å². The number of aromatic nitrogens is 1. The molecule has 0 atom stereocenters. The highest BCUT2D eigenvalue weighted by Crippen LogP contribution is 2.29. The van der Waals surface area contributed by atoms with Gasteiger partial charge in [-0.25, -0.2) is 13.8 Å². The maximum absolute atomic E-state index is 13.2. The van der Waals surface area contributed by atoms with E-state index in [1.54, 1.807) is 37.8 Å². The van der Waals surface area contributed by atoms with Crippen LogP contribution in [-0.2, 0) is 16.0 Å². The molecule has 0 radical (unpaired) electrons. The molecule has 21 heavy (non-hydrogen) atoms. The van der Waals surface area contributed by atoms with Gasteiger partial charge in [0.15, 0.2) is 0 Å². The van der Waals surface area contributed by atoms with E-state index in [1.165, 1.54) is 6.20 Å². The summed E-state index contributed by atoms with van der Waals surface area (Å²) < 4.78 is 31.5. The first-order valence-electron chi connectivity index (χ1n) is 6.94. The first kappa shape index (κ1) is 15.7. The van der Waals surface area contributed by atoms with Gasteiger partial charge in [0.2, 0.25) is 0 Å². The second-order valence-electron chi connectivity index (χ2n) is 6.32. The fraction of sp³-hybridized carbons (Fsp3) is 0.600. The zero-order chi connectivity index (χ0) is 15.7. The molecule has 1 aromatic heterocycles. The quantitative estimate of drug-likeness (QED) is 0.805. The molecule has 1 fully saturated rings. The summed E-state index contributed by atoms with van der Waals surface area (Å²) in [6, 6.07) is 3.39. The number of anilines is 1. The maximum Gasteiger partial charge on any atom is 0.310 e. The molecule has 1 aliphatic rings. The second-order valence-corrected chi connectivity index (χ2v) is 6.32. The van der Waals surface area contributed by atoms with Crippen LogP contribution >= 0.6 is 0 Å². The Kier molecular flexibility index (Phi) is 4.16. The summed E-state index contributed by atoms with van der Waals surface area (Å²) >= 11 is 0. The van der Waals surface area contributed by atoms with E-state index in [9.17, 15) is 13.6 Å². The number of hydrogen-bond acceptors (Lipinski definition) is 4. The molecule has 0 spiro atoms. The Morgan fingerprint density at radius 3 is 2.62 bits per heavy atom. The average molecular weight is 298 g/mol. The number of alkyl halides is 2. The van der Waals surface area contributed by atoms with Gasteiger partial charge in [0.25, 0.3) is 5.92 Å². The first-order chi connectivity index (χ1) is 9.65. The van der Waals surface area contributed by atoms with E-state index >= 15 is 0 Å². The highest BCUT2D eigenvalue weighted by Gasteiger charge is 2.38. The second kappa shape index (κ2) is 5.58. The summed E-state index contributed by atoms with van der Waals surface area (Å²) in [4.78, 5) is 17.4. The van der Waals surface area contributed by atoms with Crippen LogP contribution in [0.4, 0.5) is 14.6 Å². The third kappa shape index (κ3) is 4.65. The van der Waals surface area contributed by atoms with Gasteiger partial charge in [-0.15, -0.1) is 0 Å². The van der Waals surface area contributed by atoms with Crippen LogP contribution in [0, 0.1) is 0 Å². The van der Waals surface area contributed by atoms with E-state index in [4.69, 9.17) is 4.74 Å². The standard InChI is InChI=1S/C15H20F2N2O2/c1-14(2,3)21-13(20)8-11-4-5-12(18-9-11)19-7-6-15(16,17)10-19/h4-5,9H,6-8,10H2,1-3H3. The van der Waals surface area contributed by atoms with E-state index in [1.807, 2.05) is 0 Å². The number of nitrogens with zero attached hydrogens (tertiary/aromatic N) is 2. The van der Waals surface area contributed by atoms with Crippen LogP contribution in [0.15, 0.2) is 18.3 Å². The number of carbonyl (C=O) groups is 1. The summed E-state index contributed by atoms with van der Waals surface area (Å²) in [5.41, 5.74) is 0.185. The normalized spacial score (nSPS) is 17.9. The fourth-order valence-corrected chi connectivity index (χ4v) is 2.18. The van der Waals surface area contributed by atoms with Crippen LogP contribution in [0.3, 0.4) is 0 Å². The minimum absolute atomic E-state index is 0.126. The average Bonchev–Trinajstić information content (AvgIpc) is 2.68. The van der Waals surface area contributed by atoms with Gasteiger partial charge >= 0.3 is 5.97 Å². The highest BCUT2D eigenvalue weighted by atomic mass is 19.3. The number of rotatable bonds is 3. The minimum atomic E-state index is -2.64. The summed E-state index contributed by atoms with van der Waals surface area (Å²) in [6.07, 6.45) is 1.52. The van der Waals surface area contributed by atoms with Crippen LogP contribution in [0.2, 0.25) is 0 Å². The number of pyridine rings is 1. The lowest BCUT2D eigenvalue weighted by Crippen LogP contribution is -2.26. The molecule has 0 bridgehead atoms. The van der Waals surface area contributed by atoms with E-state index in [2.05, 4.69) is 4.98 Å². The van der Waals surface area contributed by atoms with Crippen LogP contribution in [0.5, 0.6) is 0 Å². The number of carbonyl (C=O) groups excluding carboxylic acids is 1. The summed E-state index contributed by atoms with van der Waals surface area (Å²) in [5.74, 6) is -2.46. The van der Waals surface area contributed by atoms with E-state index in [0.717, 1.165) is 0 Å². The highest BCUT2D eigenvalue weighted by molar-refractivity contribution is 5.73. The first-order valence-corrected chi connectivity index (χ1v) is 6.94. The third-order valence-corrected chi connectivity index (χ3v) is 3.07. The Morgan fingerprint density at radius 2 is 2.14 bits per heavy atom. The molecule has 0 unspecified atom stereocenters. The van der Waals surface area contributed by atoms with Gasteiger partial charge in [-0.1, -0.05) is 6.07 Å². The third-order valence-electron chi connectivity index (χ3n) is 3.07. The van der Waals surface area contributed by atoms with Crippen LogP contribution in [0.25, 0.3) is 0 Å². The van der Waals surface area contributed by atoms with Crippen molar-refractivity contribution in [3.05, 3.63) is 23.9 Å². The molecule has 6 heteroatoms. The zero-order valence-electron chi connectivity index (χ0n) is 12.5. The van der Waals surface area contributed by atoms with Crippen molar-refractivity contribution in [3.8, 4) is 0 Å². The van der Waals surface area contributed by atoms with Crippen molar-refractivity contribution in [3.63, 3.8) is 0 Å². The van der Waals surface area contributed by atoms with Crippen LogP contribution in [0.1, 0.15) is 32.8 Å². The van der Waals surface area contributed by atoms with Crippen molar-refractivity contribution in [2.24, 2.45) is 0 Å². The molecule has 0 aliphatic carbocycles. The van der Waals surface area contributed by atoms with E-state index < -0.39 is 11.5 Å². The van der Waals surface area contributed by atoms with Gasteiger partial charge < -0.3 is 9.64 Å². The number of ether oxygens (including phenoxy) is 1. The predicted octanol–water partition coefficient (Wildman–Crippen LogP) is 2.81. The molecular weight excluding hydrogens is 278 g/mol. The lowest BCUT2D eigenvalue weighted by Gasteiger charge is -2.20. The smallest absolute Gasteiger partial charge is 0.310 e. The Labute approximate surface area is 123 Å². The van der Waals surface area contributed by atoms with Crippen molar-refractivity contribution in [2.45, 2.75) is 45.1 Å². The molecule has 1 aromatic rings. The lowest BCUT2D eigenvalue weighted by atomic mass is 10.1. The van der Waals surface area contributed by atoms with Crippen molar-refractivity contribution in [1.29, 1.82) is 0 Å². The Morgan fingerprint density at radius 1 is 1.43 bits per heavy atom. The van der Waals surface area contributed by atoms with Crippen molar-refractivity contribution >= 4 is 11.8 Å². The molecule has 1 saturated heterocycles. The molecular formula is C15H20F2N2O2. The van der Waals surface area contributed by atoms with E-state index in [0.29, 0.717) is 17.9 Å². The van der Waals surface area contributed by atoms with Gasteiger partial charge in [0.05, 0.1) is 13.0 Å². The van der Waals surface area contributed by atoms with Gasteiger partial charge in [0.1, 0.15) is 11.4 Å². The van der Waals surface area contributed by atoms with Crippen molar-refractivity contribution in [2.75, 3.05) is 18.0 Å². The summed E-state index contributed by atoms with van der Waals surface area (Å²) in [6.45, 7) is 5.41. The zero-order valence-corrected chi connectivity index (χ0v) is 12.5. The van der Waals surface area contributed by atoms with Gasteiger partial charge in [0, 0.05) is 19.2 Å². The van der Waals surface area contributed by atoms with Crippen LogP contribution in [-0.4, -0.2) is 35.6 Å². The van der Waals surface area contributed by atoms with Crippen molar-refractivity contribution in [1.82, 2.24) is 4.98 Å². The summed E-state index contributed by atoms with van der Waals surface area (Å²) in [5, 5.41) is 0. The fourth-order valence-electron chi connectivity index (χ4n) is 2.18. The molecule has 116 valence electrons. The van der Waals surface area contributed by atoms with Gasteiger partial charge in [-0.3, -0.25) is 4.79 Å². The molecule has 0 saturated carbocycles. The molecule has 1 aliphatic heterocycles. The molecule has 4 nitrogen and oxygen atoms in total. The van der Waals surface area contributed by atoms with Gasteiger partial charge in [-0.05, 0) is 32.4 Å². The monoisotopic (exact) mass is 298 g/mol. The number of halogens is 2. The molecule has 0 aromatic carbocycles. The number of hydrogen-bond donors (Lipinski definition) is 0. The topological polar surface area (TPSA) is 42.4 Å². The predicted molar refractivity (Wildman–Crippen MR) is 75.6 cm³/mol. The maximum atomic E-state index is 13.2. The summed E-state index contributed by atoms with van der Waals surface area (Å²) in [7, 11) is 0. The van der Waals surface area contributed by atoms with E-state index in [-0.39, 0.29) is 25.4 Å². The van der Waals surface area contributed by atoms with Crippen molar-refractivity contribution < 1.29 is 18.3 Å². The Hall–Kier alpha value is -1.72. The number of esters is 1. The molecule has 2 rings (SSSR count). The Bertz CT molecular complexity index is 509. The molecule has 0 amide bonds. The SMILES string of the molecule is CC(C)(C)OC(=O)Cc1ccc(N2CCC(F)(F)C2)nc1. The molecule has 2 heterocycles. The Balaban J connectivity index is 1.95. The minimum Gasteiger partial charge on any atom is -0.460 e. The van der Waals surface area contributed by atoms with Gasteiger partial charge in [-0.2, -0.15) is 0 Å².